The predicted molar refractivity (Wildman–Crippen MR) is 169 cm³/mol. The SMILES string of the molecule is Cl.NC1CCN(c2nc(NCC(c3ccc(O)cc3)c3ccc(O)cc3)c3ncn([C@@H]4C[C@H](NC(=O)CO)[C@@H](O)[C@H]4O)c3n2)C1. The van der Waals surface area contributed by atoms with Gasteiger partial charge in [-0.1, -0.05) is 24.3 Å². The topological polar surface area (TPSA) is 215 Å². The molecular formula is C30H37ClN8O6. The molecule has 15 heteroatoms. The molecule has 2 aromatic heterocycles. The molecular weight excluding hydrogens is 604 g/mol. The van der Waals surface area contributed by atoms with Crippen molar-refractivity contribution >= 4 is 41.2 Å². The molecule has 9 N–H and O–H groups in total. The minimum atomic E-state index is -1.25. The van der Waals surface area contributed by atoms with Gasteiger partial charge in [-0.05, 0) is 48.2 Å². The first-order chi connectivity index (χ1) is 21.2. The fourth-order valence-electron chi connectivity index (χ4n) is 6.10. The number of aromatic nitrogens is 4. The third-order valence-electron chi connectivity index (χ3n) is 8.48. The number of rotatable bonds is 9. The summed E-state index contributed by atoms with van der Waals surface area (Å²) in [6.07, 6.45) is 0.0465. The number of imidazole rings is 1. The second-order valence-corrected chi connectivity index (χ2v) is 11.4. The Morgan fingerprint density at radius 2 is 1.64 bits per heavy atom. The van der Waals surface area contributed by atoms with Crippen LogP contribution in [0.4, 0.5) is 11.8 Å². The van der Waals surface area contributed by atoms with Crippen LogP contribution < -0.4 is 21.3 Å². The van der Waals surface area contributed by atoms with E-state index in [0.717, 1.165) is 17.5 Å². The Morgan fingerprint density at radius 3 is 2.22 bits per heavy atom. The van der Waals surface area contributed by atoms with Crippen LogP contribution in [0.15, 0.2) is 54.9 Å². The molecule has 1 saturated carbocycles. The maximum atomic E-state index is 11.8. The van der Waals surface area contributed by atoms with Gasteiger partial charge in [0.25, 0.3) is 0 Å². The fraction of sp³-hybridized carbons (Fsp3) is 0.400. The second-order valence-electron chi connectivity index (χ2n) is 11.4. The Bertz CT molecular complexity index is 1580. The molecule has 1 aliphatic heterocycles. The average molecular weight is 641 g/mol. The van der Waals surface area contributed by atoms with E-state index in [-0.39, 0.29) is 42.3 Å². The van der Waals surface area contributed by atoms with Crippen molar-refractivity contribution in [3.63, 3.8) is 0 Å². The van der Waals surface area contributed by atoms with Crippen molar-refractivity contribution < 1.29 is 30.3 Å². The molecule has 1 saturated heterocycles. The quantitative estimate of drug-likeness (QED) is 0.126. The number of aromatic hydroxyl groups is 2. The lowest BCUT2D eigenvalue weighted by molar-refractivity contribution is -0.125. The number of aliphatic hydroxyl groups is 3. The molecule has 0 radical (unpaired) electrons. The third-order valence-corrected chi connectivity index (χ3v) is 8.48. The van der Waals surface area contributed by atoms with E-state index in [1.54, 1.807) is 28.8 Å². The fourth-order valence-corrected chi connectivity index (χ4v) is 6.10. The van der Waals surface area contributed by atoms with Crippen molar-refractivity contribution in [2.24, 2.45) is 5.73 Å². The number of nitrogens with two attached hydrogens (primary N) is 1. The highest BCUT2D eigenvalue weighted by atomic mass is 35.5. The summed E-state index contributed by atoms with van der Waals surface area (Å²) in [7, 11) is 0. The number of hydrogen-bond donors (Lipinski definition) is 8. The number of phenols is 2. The Hall–Kier alpha value is -4.21. The molecule has 1 unspecified atom stereocenters. The molecule has 45 heavy (non-hydrogen) atoms. The van der Waals surface area contributed by atoms with Gasteiger partial charge >= 0.3 is 0 Å². The Balaban J connectivity index is 0.00000400. The number of phenolic OH excluding ortho intramolecular Hbond substituents is 2. The highest BCUT2D eigenvalue weighted by molar-refractivity contribution is 5.85. The Labute approximate surface area is 265 Å². The van der Waals surface area contributed by atoms with Gasteiger partial charge in [-0.15, -0.1) is 12.4 Å². The molecule has 1 aliphatic carbocycles. The van der Waals surface area contributed by atoms with Gasteiger partial charge in [0.1, 0.15) is 30.3 Å². The summed E-state index contributed by atoms with van der Waals surface area (Å²) in [6, 6.07) is 12.4. The summed E-state index contributed by atoms with van der Waals surface area (Å²) in [4.78, 5) is 28.1. The maximum absolute atomic E-state index is 11.8. The molecule has 4 aromatic rings. The molecule has 2 fully saturated rings. The molecule has 6 rings (SSSR count). The summed E-state index contributed by atoms with van der Waals surface area (Å²) in [5.41, 5.74) is 8.95. The first-order valence-electron chi connectivity index (χ1n) is 14.5. The number of carbonyl (C=O) groups excluding carboxylic acids is 1. The van der Waals surface area contributed by atoms with Crippen LogP contribution in [-0.4, -0.2) is 101 Å². The smallest absolute Gasteiger partial charge is 0.246 e. The van der Waals surface area contributed by atoms with Gasteiger partial charge in [0.15, 0.2) is 17.0 Å². The van der Waals surface area contributed by atoms with Gasteiger partial charge in [-0.25, -0.2) is 4.98 Å². The highest BCUT2D eigenvalue weighted by Crippen LogP contribution is 2.35. The summed E-state index contributed by atoms with van der Waals surface area (Å²) in [5, 5.41) is 56.5. The van der Waals surface area contributed by atoms with Crippen LogP contribution in [-0.2, 0) is 4.79 Å². The zero-order valence-electron chi connectivity index (χ0n) is 24.3. The lowest BCUT2D eigenvalue weighted by Gasteiger charge is -2.22. The highest BCUT2D eigenvalue weighted by Gasteiger charge is 2.44. The van der Waals surface area contributed by atoms with E-state index in [1.165, 1.54) is 6.33 Å². The minimum Gasteiger partial charge on any atom is -0.508 e. The molecule has 240 valence electrons. The lowest BCUT2D eigenvalue weighted by atomic mass is 9.91. The molecule has 0 spiro atoms. The van der Waals surface area contributed by atoms with Gasteiger partial charge < -0.3 is 51.4 Å². The first-order valence-corrected chi connectivity index (χ1v) is 14.5. The van der Waals surface area contributed by atoms with Crippen LogP contribution in [0.5, 0.6) is 11.5 Å². The van der Waals surface area contributed by atoms with Crippen LogP contribution in [0.1, 0.15) is 35.9 Å². The molecule has 0 bridgehead atoms. The number of benzene rings is 2. The van der Waals surface area contributed by atoms with Crippen LogP contribution in [0.2, 0.25) is 0 Å². The summed E-state index contributed by atoms with van der Waals surface area (Å²) < 4.78 is 1.69. The Morgan fingerprint density at radius 1 is 1.00 bits per heavy atom. The summed E-state index contributed by atoms with van der Waals surface area (Å²) in [6.45, 7) is 0.900. The second kappa shape index (κ2) is 13.4. The van der Waals surface area contributed by atoms with Crippen molar-refractivity contribution in [3.05, 3.63) is 66.0 Å². The summed E-state index contributed by atoms with van der Waals surface area (Å²) in [5.74, 6) is 0.383. The number of halogens is 1. The molecule has 1 amide bonds. The number of nitrogens with one attached hydrogen (secondary N) is 2. The zero-order chi connectivity index (χ0) is 31.0. The summed E-state index contributed by atoms with van der Waals surface area (Å²) >= 11 is 0. The van der Waals surface area contributed by atoms with Gasteiger partial charge in [0.05, 0.1) is 18.4 Å². The average Bonchev–Trinajstić information content (AvgIpc) is 3.72. The number of amides is 1. The van der Waals surface area contributed by atoms with Crippen molar-refractivity contribution in [3.8, 4) is 11.5 Å². The van der Waals surface area contributed by atoms with E-state index in [2.05, 4.69) is 15.6 Å². The van der Waals surface area contributed by atoms with Crippen LogP contribution >= 0.6 is 12.4 Å². The third kappa shape index (κ3) is 6.60. The maximum Gasteiger partial charge on any atom is 0.246 e. The van der Waals surface area contributed by atoms with Crippen molar-refractivity contribution in [1.29, 1.82) is 0 Å². The molecule has 2 aliphatic rings. The minimum absolute atomic E-state index is 0. The standard InChI is InChI=1S/C30H36N8O6.ClH/c31-18-9-10-37(13-18)30-35-28(32-12-21(16-1-5-19(40)6-2-16)17-3-7-20(41)8-4-17)25-29(36-30)38(15-33-25)23-11-22(26(43)27(23)44)34-24(42)14-39;/h1-8,15,18,21-23,26-27,39-41,43-44H,9-14,31H2,(H,34,42)(H,32,35,36);1H/t18?,22-,23+,26+,27-;/m0./s1. The van der Waals surface area contributed by atoms with Gasteiger partial charge in [0.2, 0.25) is 11.9 Å². The van der Waals surface area contributed by atoms with Gasteiger partial charge in [0, 0.05) is 31.6 Å². The van der Waals surface area contributed by atoms with Crippen LogP contribution in [0, 0.1) is 0 Å². The Kier molecular flexibility index (Phi) is 9.60. The predicted octanol–water partition coefficient (Wildman–Crippen LogP) is 0.584. The first kappa shape index (κ1) is 32.2. The number of nitrogens with zero attached hydrogens (tertiary/aromatic N) is 5. The number of anilines is 2. The van der Waals surface area contributed by atoms with E-state index in [9.17, 15) is 25.2 Å². The van der Waals surface area contributed by atoms with Crippen LogP contribution in [0.25, 0.3) is 11.2 Å². The van der Waals surface area contributed by atoms with E-state index >= 15 is 0 Å². The van der Waals surface area contributed by atoms with Crippen molar-refractivity contribution in [1.82, 2.24) is 24.8 Å². The largest absolute Gasteiger partial charge is 0.508 e. The number of aliphatic hydroxyl groups excluding tert-OH is 3. The number of hydrogen-bond acceptors (Lipinski definition) is 12. The van der Waals surface area contributed by atoms with Gasteiger partial charge in [-0.2, -0.15) is 9.97 Å². The number of carbonyl (C=O) groups is 1. The molecule has 2 aromatic carbocycles. The lowest BCUT2D eigenvalue weighted by Crippen LogP contribution is -2.44. The van der Waals surface area contributed by atoms with E-state index < -0.39 is 36.8 Å². The van der Waals surface area contributed by atoms with Gasteiger partial charge in [-0.3, -0.25) is 4.79 Å². The van der Waals surface area contributed by atoms with E-state index in [4.69, 9.17) is 20.8 Å². The normalized spacial score (nSPS) is 23.0. The molecule has 5 atom stereocenters. The van der Waals surface area contributed by atoms with E-state index in [1.807, 2.05) is 29.2 Å². The van der Waals surface area contributed by atoms with Crippen molar-refractivity contribution in [2.45, 2.75) is 49.1 Å². The van der Waals surface area contributed by atoms with Crippen LogP contribution in [0.3, 0.4) is 0 Å². The van der Waals surface area contributed by atoms with Crippen molar-refractivity contribution in [2.75, 3.05) is 36.5 Å². The molecule has 3 heterocycles. The molecule has 14 nitrogen and oxygen atoms in total. The van der Waals surface area contributed by atoms with E-state index in [0.29, 0.717) is 42.6 Å². The number of fused-ring (bicyclic) bond motifs is 1. The monoisotopic (exact) mass is 640 g/mol. The zero-order valence-corrected chi connectivity index (χ0v) is 25.1.